The lowest BCUT2D eigenvalue weighted by Crippen LogP contribution is -2.56. The summed E-state index contributed by atoms with van der Waals surface area (Å²) < 4.78 is 0. The van der Waals surface area contributed by atoms with Gasteiger partial charge in [0.15, 0.2) is 0 Å². The topological polar surface area (TPSA) is 86.7 Å². The fourth-order valence-electron chi connectivity index (χ4n) is 2.07. The predicted molar refractivity (Wildman–Crippen MR) is 69.4 cm³/mol. The highest BCUT2D eigenvalue weighted by atomic mass is 32.1. The fraction of sp³-hybridized carbons (Fsp3) is 0.417. The van der Waals surface area contributed by atoms with Gasteiger partial charge in [-0.15, -0.1) is 11.3 Å². The first-order valence-electron chi connectivity index (χ1n) is 5.96. The molecule has 1 unspecified atom stereocenters. The van der Waals surface area contributed by atoms with Crippen LogP contribution >= 0.6 is 11.3 Å². The van der Waals surface area contributed by atoms with E-state index in [-0.39, 0.29) is 16.7 Å². The summed E-state index contributed by atoms with van der Waals surface area (Å²) in [6.07, 6.45) is 0.536. The third kappa shape index (κ3) is 2.60. The minimum atomic E-state index is -1.05. The molecule has 1 atom stereocenters. The summed E-state index contributed by atoms with van der Waals surface area (Å²) in [6, 6.07) is 2.43. The maximum Gasteiger partial charge on any atom is 0.345 e. The average Bonchev–Trinajstić information content (AvgIpc) is 2.87. The first-order valence-corrected chi connectivity index (χ1v) is 6.78. The molecule has 6 nitrogen and oxygen atoms in total. The number of nitrogens with one attached hydrogen (secondary N) is 1. The van der Waals surface area contributed by atoms with E-state index in [1.165, 1.54) is 17.0 Å². The molecule has 102 valence electrons. The average molecular weight is 282 g/mol. The van der Waals surface area contributed by atoms with Crippen LogP contribution in [0.1, 0.15) is 32.7 Å². The maximum atomic E-state index is 12.3. The van der Waals surface area contributed by atoms with Crippen LogP contribution in [0, 0.1) is 0 Å². The van der Waals surface area contributed by atoms with Gasteiger partial charge < -0.3 is 15.3 Å². The van der Waals surface area contributed by atoms with Crippen molar-refractivity contribution in [2.45, 2.75) is 19.4 Å². The Morgan fingerprint density at radius 1 is 1.47 bits per heavy atom. The number of nitrogens with zero attached hydrogens (tertiary/aromatic N) is 1. The Morgan fingerprint density at radius 2 is 2.16 bits per heavy atom. The van der Waals surface area contributed by atoms with Gasteiger partial charge in [0.2, 0.25) is 5.91 Å². The summed E-state index contributed by atoms with van der Waals surface area (Å²) in [5.41, 5.74) is 0. The molecule has 1 aromatic rings. The summed E-state index contributed by atoms with van der Waals surface area (Å²) in [5, 5.41) is 11.6. The minimum absolute atomic E-state index is 0.123. The number of carbonyl (C=O) groups is 3. The van der Waals surface area contributed by atoms with Gasteiger partial charge in [-0.05, 0) is 18.6 Å². The summed E-state index contributed by atoms with van der Waals surface area (Å²) in [6.45, 7) is 2.72. The molecule has 7 heteroatoms. The monoisotopic (exact) mass is 282 g/mol. The van der Waals surface area contributed by atoms with E-state index >= 15 is 0 Å². The van der Waals surface area contributed by atoms with E-state index in [1.807, 2.05) is 6.92 Å². The van der Waals surface area contributed by atoms with Crippen LogP contribution in [0.25, 0.3) is 0 Å². The molecule has 1 aliphatic heterocycles. The lowest BCUT2D eigenvalue weighted by Gasteiger charge is -2.34. The molecule has 19 heavy (non-hydrogen) atoms. The number of rotatable bonds is 3. The fourth-order valence-corrected chi connectivity index (χ4v) is 2.87. The van der Waals surface area contributed by atoms with Crippen LogP contribution in [-0.4, -0.2) is 46.9 Å². The van der Waals surface area contributed by atoms with Crippen molar-refractivity contribution in [3.63, 3.8) is 0 Å². The second kappa shape index (κ2) is 5.40. The quantitative estimate of drug-likeness (QED) is 0.858. The van der Waals surface area contributed by atoms with Gasteiger partial charge in [0.05, 0.1) is 4.88 Å². The molecule has 1 fully saturated rings. The van der Waals surface area contributed by atoms with Crippen LogP contribution in [0.15, 0.2) is 12.1 Å². The van der Waals surface area contributed by atoms with Crippen LogP contribution in [0.5, 0.6) is 0 Å². The molecule has 0 saturated carbocycles. The number of hydrogen-bond acceptors (Lipinski definition) is 4. The van der Waals surface area contributed by atoms with Crippen LogP contribution in [0.4, 0.5) is 0 Å². The summed E-state index contributed by atoms with van der Waals surface area (Å²) in [4.78, 5) is 36.8. The molecule has 0 spiro atoms. The first-order chi connectivity index (χ1) is 9.04. The zero-order valence-corrected chi connectivity index (χ0v) is 11.2. The zero-order valence-electron chi connectivity index (χ0n) is 10.4. The largest absolute Gasteiger partial charge is 0.477 e. The smallest absolute Gasteiger partial charge is 0.345 e. The van der Waals surface area contributed by atoms with Crippen molar-refractivity contribution < 1.29 is 19.5 Å². The molecule has 1 aliphatic rings. The lowest BCUT2D eigenvalue weighted by atomic mass is 10.1. The number of hydrogen-bond donors (Lipinski definition) is 2. The summed E-state index contributed by atoms with van der Waals surface area (Å²) in [5.74, 6) is -1.48. The number of carboxylic acids is 1. The number of aromatic carboxylic acids is 1. The lowest BCUT2D eigenvalue weighted by molar-refractivity contribution is -0.127. The van der Waals surface area contributed by atoms with E-state index in [1.54, 1.807) is 0 Å². The highest BCUT2D eigenvalue weighted by Gasteiger charge is 2.32. The first kappa shape index (κ1) is 13.5. The van der Waals surface area contributed by atoms with Crippen LogP contribution in [0.3, 0.4) is 0 Å². The molecule has 2 amide bonds. The molecule has 0 aromatic carbocycles. The number of thiophene rings is 1. The van der Waals surface area contributed by atoms with Crippen molar-refractivity contribution >= 4 is 29.1 Å². The Kier molecular flexibility index (Phi) is 3.84. The zero-order chi connectivity index (χ0) is 14.0. The maximum absolute atomic E-state index is 12.3. The number of amides is 2. The second-order valence-corrected chi connectivity index (χ2v) is 5.27. The van der Waals surface area contributed by atoms with Crippen molar-refractivity contribution in [1.82, 2.24) is 10.2 Å². The van der Waals surface area contributed by atoms with Gasteiger partial charge in [-0.3, -0.25) is 9.59 Å². The minimum Gasteiger partial charge on any atom is -0.477 e. The van der Waals surface area contributed by atoms with E-state index in [0.717, 1.165) is 11.3 Å². The van der Waals surface area contributed by atoms with Gasteiger partial charge in [0.25, 0.3) is 5.91 Å². The Hall–Kier alpha value is -1.89. The van der Waals surface area contributed by atoms with E-state index in [4.69, 9.17) is 5.11 Å². The van der Waals surface area contributed by atoms with Gasteiger partial charge >= 0.3 is 5.97 Å². The molecule has 2 heterocycles. The van der Waals surface area contributed by atoms with E-state index in [2.05, 4.69) is 5.32 Å². The summed E-state index contributed by atoms with van der Waals surface area (Å²) in [7, 11) is 0. The molecule has 0 radical (unpaired) electrons. The third-order valence-corrected chi connectivity index (χ3v) is 4.07. The SMILES string of the molecule is CCC1C(=O)NCCN1C(=O)c1ccc(C(=O)O)s1. The second-order valence-electron chi connectivity index (χ2n) is 4.18. The van der Waals surface area contributed by atoms with Crippen LogP contribution in [-0.2, 0) is 4.79 Å². The molecule has 0 aliphatic carbocycles. The van der Waals surface area contributed by atoms with E-state index < -0.39 is 12.0 Å². The Morgan fingerprint density at radius 3 is 2.74 bits per heavy atom. The molecule has 2 N–H and O–H groups in total. The molecule has 1 aromatic heterocycles. The molecule has 0 bridgehead atoms. The third-order valence-electron chi connectivity index (χ3n) is 3.01. The van der Waals surface area contributed by atoms with Crippen molar-refractivity contribution in [1.29, 1.82) is 0 Å². The Labute approximate surface area is 114 Å². The van der Waals surface area contributed by atoms with Gasteiger partial charge in [0.1, 0.15) is 10.9 Å². The Balaban J connectivity index is 2.21. The van der Waals surface area contributed by atoms with Crippen LogP contribution < -0.4 is 5.32 Å². The molecular weight excluding hydrogens is 268 g/mol. The number of piperazine rings is 1. The van der Waals surface area contributed by atoms with E-state index in [9.17, 15) is 14.4 Å². The number of carbonyl (C=O) groups excluding carboxylic acids is 2. The van der Waals surface area contributed by atoms with Gasteiger partial charge in [0, 0.05) is 13.1 Å². The van der Waals surface area contributed by atoms with Crippen molar-refractivity contribution in [3.05, 3.63) is 21.9 Å². The highest BCUT2D eigenvalue weighted by molar-refractivity contribution is 7.15. The number of carboxylic acid groups (broad SMARTS) is 1. The Bertz CT molecular complexity index is 526. The summed E-state index contributed by atoms with van der Waals surface area (Å²) >= 11 is 0.934. The standard InChI is InChI=1S/C12H14N2O4S/c1-2-7-10(15)13-5-6-14(7)11(16)8-3-4-9(19-8)12(17)18/h3-4,7H,2,5-6H2,1H3,(H,13,15)(H,17,18). The van der Waals surface area contributed by atoms with Crippen molar-refractivity contribution in [3.8, 4) is 0 Å². The predicted octanol–water partition coefficient (Wildman–Crippen LogP) is 0.797. The highest BCUT2D eigenvalue weighted by Crippen LogP contribution is 2.21. The van der Waals surface area contributed by atoms with Gasteiger partial charge in [-0.1, -0.05) is 6.92 Å². The van der Waals surface area contributed by atoms with Crippen LogP contribution in [0.2, 0.25) is 0 Å². The normalized spacial score (nSPS) is 19.1. The molecule has 1 saturated heterocycles. The van der Waals surface area contributed by atoms with Crippen molar-refractivity contribution in [2.75, 3.05) is 13.1 Å². The van der Waals surface area contributed by atoms with Gasteiger partial charge in [-0.2, -0.15) is 0 Å². The molecular formula is C12H14N2O4S. The van der Waals surface area contributed by atoms with Gasteiger partial charge in [-0.25, -0.2) is 4.79 Å². The van der Waals surface area contributed by atoms with E-state index in [0.29, 0.717) is 24.4 Å². The van der Waals surface area contributed by atoms with Crippen molar-refractivity contribution in [2.24, 2.45) is 0 Å². The molecule has 2 rings (SSSR count).